The highest BCUT2D eigenvalue weighted by atomic mass is 79.9. The lowest BCUT2D eigenvalue weighted by Crippen LogP contribution is -2.09. The van der Waals surface area contributed by atoms with Gasteiger partial charge >= 0.3 is 0 Å². The van der Waals surface area contributed by atoms with Gasteiger partial charge in [-0.05, 0) is 36.5 Å². The van der Waals surface area contributed by atoms with Crippen molar-refractivity contribution >= 4 is 31.9 Å². The first-order valence-corrected chi connectivity index (χ1v) is 6.97. The Morgan fingerprint density at radius 1 is 1.27 bits per heavy atom. The summed E-state index contributed by atoms with van der Waals surface area (Å²) in [5.74, 6) is 0.658. The summed E-state index contributed by atoms with van der Waals surface area (Å²) in [6.07, 6.45) is 2.22. The molecule has 0 aliphatic carbocycles. The largest absolute Gasteiger partial charge is 0.385 e. The summed E-state index contributed by atoms with van der Waals surface area (Å²) < 4.78 is 6.24. The van der Waals surface area contributed by atoms with Gasteiger partial charge in [0.25, 0.3) is 0 Å². The zero-order chi connectivity index (χ0) is 11.1. The predicted octanol–water partition coefficient (Wildman–Crippen LogP) is 4.04. The summed E-state index contributed by atoms with van der Waals surface area (Å²) in [5.41, 5.74) is 1.39. The van der Waals surface area contributed by atoms with Crippen LogP contribution in [-0.4, -0.2) is 19.0 Å². The lowest BCUT2D eigenvalue weighted by Gasteiger charge is -2.13. The van der Waals surface area contributed by atoms with Gasteiger partial charge in [0, 0.05) is 23.5 Å². The molecule has 15 heavy (non-hydrogen) atoms. The van der Waals surface area contributed by atoms with E-state index in [0.717, 1.165) is 29.3 Å². The molecule has 84 valence electrons. The van der Waals surface area contributed by atoms with Crippen LogP contribution in [0.4, 0.5) is 0 Å². The molecule has 0 spiro atoms. The molecule has 0 saturated carbocycles. The molecule has 0 bridgehead atoms. The quantitative estimate of drug-likeness (QED) is 0.713. The molecule has 0 radical (unpaired) electrons. The third-order valence-corrected chi connectivity index (χ3v) is 3.83. The summed E-state index contributed by atoms with van der Waals surface area (Å²) in [7, 11) is 1.75. The lowest BCUT2D eigenvalue weighted by atomic mass is 9.98. The Kier molecular flexibility index (Phi) is 6.53. The van der Waals surface area contributed by atoms with Gasteiger partial charge in [0.1, 0.15) is 0 Å². The van der Waals surface area contributed by atoms with E-state index in [2.05, 4.69) is 56.1 Å². The van der Waals surface area contributed by atoms with Crippen molar-refractivity contribution in [2.45, 2.75) is 12.8 Å². The molecular formula is C12H16Br2O. The Morgan fingerprint density at radius 3 is 2.47 bits per heavy atom. The van der Waals surface area contributed by atoms with Gasteiger partial charge in [0.15, 0.2) is 0 Å². The standard InChI is InChI=1S/C12H16Br2O/c1-15-7-6-11(9-13)8-10-2-4-12(14)5-3-10/h2-5,11H,6-9H2,1H3. The van der Waals surface area contributed by atoms with E-state index in [1.807, 2.05) is 0 Å². The van der Waals surface area contributed by atoms with Crippen molar-refractivity contribution in [1.82, 2.24) is 0 Å². The summed E-state index contributed by atoms with van der Waals surface area (Å²) >= 11 is 6.99. The first-order chi connectivity index (χ1) is 7.26. The first kappa shape index (κ1) is 13.2. The van der Waals surface area contributed by atoms with Crippen LogP contribution < -0.4 is 0 Å². The van der Waals surface area contributed by atoms with Crippen molar-refractivity contribution in [1.29, 1.82) is 0 Å². The average molecular weight is 336 g/mol. The molecule has 0 aliphatic rings. The first-order valence-electron chi connectivity index (χ1n) is 5.05. The Morgan fingerprint density at radius 2 is 1.93 bits per heavy atom. The third kappa shape index (κ3) is 5.14. The number of hydrogen-bond donors (Lipinski definition) is 0. The van der Waals surface area contributed by atoms with Crippen LogP contribution in [0.1, 0.15) is 12.0 Å². The molecule has 1 rings (SSSR count). The van der Waals surface area contributed by atoms with Crippen LogP contribution in [0.15, 0.2) is 28.7 Å². The van der Waals surface area contributed by atoms with Crippen LogP contribution in [0.25, 0.3) is 0 Å². The number of ether oxygens (including phenoxy) is 1. The highest BCUT2D eigenvalue weighted by molar-refractivity contribution is 9.10. The van der Waals surface area contributed by atoms with Crippen molar-refractivity contribution in [3.63, 3.8) is 0 Å². The van der Waals surface area contributed by atoms with Crippen LogP contribution in [-0.2, 0) is 11.2 Å². The number of rotatable bonds is 6. The monoisotopic (exact) mass is 334 g/mol. The molecule has 1 nitrogen and oxygen atoms in total. The lowest BCUT2D eigenvalue weighted by molar-refractivity contribution is 0.181. The highest BCUT2D eigenvalue weighted by Crippen LogP contribution is 2.17. The van der Waals surface area contributed by atoms with E-state index < -0.39 is 0 Å². The van der Waals surface area contributed by atoms with Crippen molar-refractivity contribution in [3.05, 3.63) is 34.3 Å². The van der Waals surface area contributed by atoms with Crippen molar-refractivity contribution in [2.75, 3.05) is 19.0 Å². The number of benzene rings is 1. The second kappa shape index (κ2) is 7.42. The summed E-state index contributed by atoms with van der Waals surface area (Å²) in [6.45, 7) is 0.840. The number of hydrogen-bond acceptors (Lipinski definition) is 1. The molecule has 0 aromatic heterocycles. The number of halogens is 2. The van der Waals surface area contributed by atoms with Gasteiger partial charge in [0.2, 0.25) is 0 Å². The van der Waals surface area contributed by atoms with Gasteiger partial charge in [-0.25, -0.2) is 0 Å². The fourth-order valence-electron chi connectivity index (χ4n) is 1.47. The van der Waals surface area contributed by atoms with E-state index in [-0.39, 0.29) is 0 Å². The molecule has 0 N–H and O–H groups in total. The summed E-state index contributed by atoms with van der Waals surface area (Å²) in [6, 6.07) is 8.53. The van der Waals surface area contributed by atoms with Crippen LogP contribution in [0.3, 0.4) is 0 Å². The van der Waals surface area contributed by atoms with Gasteiger partial charge in [-0.2, -0.15) is 0 Å². The SMILES string of the molecule is COCCC(CBr)Cc1ccc(Br)cc1. The van der Waals surface area contributed by atoms with Gasteiger partial charge in [-0.15, -0.1) is 0 Å². The van der Waals surface area contributed by atoms with Gasteiger partial charge in [-0.3, -0.25) is 0 Å². The van der Waals surface area contributed by atoms with Gasteiger partial charge in [0.05, 0.1) is 0 Å². The zero-order valence-corrected chi connectivity index (χ0v) is 12.1. The molecule has 0 amide bonds. The Balaban J connectivity index is 2.47. The Bertz CT molecular complexity index is 271. The second-order valence-electron chi connectivity index (χ2n) is 3.63. The van der Waals surface area contributed by atoms with Gasteiger partial charge < -0.3 is 4.74 Å². The molecule has 0 aliphatic heterocycles. The normalized spacial score (nSPS) is 12.7. The Labute approximate surface area is 108 Å². The molecule has 1 unspecified atom stereocenters. The molecule has 0 fully saturated rings. The smallest absolute Gasteiger partial charge is 0.0465 e. The van der Waals surface area contributed by atoms with E-state index in [9.17, 15) is 0 Å². The minimum atomic E-state index is 0.658. The fourth-order valence-corrected chi connectivity index (χ4v) is 2.29. The van der Waals surface area contributed by atoms with Crippen LogP contribution in [0, 0.1) is 5.92 Å². The van der Waals surface area contributed by atoms with E-state index >= 15 is 0 Å². The molecule has 0 saturated heterocycles. The van der Waals surface area contributed by atoms with Crippen molar-refractivity contribution in [2.24, 2.45) is 5.92 Å². The second-order valence-corrected chi connectivity index (χ2v) is 5.20. The Hall–Kier alpha value is 0.140. The fraction of sp³-hybridized carbons (Fsp3) is 0.500. The predicted molar refractivity (Wildman–Crippen MR) is 71.6 cm³/mol. The van der Waals surface area contributed by atoms with Crippen LogP contribution in [0.2, 0.25) is 0 Å². The molecule has 1 aromatic rings. The molecular weight excluding hydrogens is 320 g/mol. The van der Waals surface area contributed by atoms with E-state index in [1.165, 1.54) is 5.56 Å². The third-order valence-electron chi connectivity index (χ3n) is 2.39. The molecule has 3 heteroatoms. The maximum absolute atomic E-state index is 5.10. The summed E-state index contributed by atoms with van der Waals surface area (Å²) in [5, 5.41) is 1.03. The van der Waals surface area contributed by atoms with E-state index in [0.29, 0.717) is 5.92 Å². The van der Waals surface area contributed by atoms with Crippen molar-refractivity contribution < 1.29 is 4.74 Å². The average Bonchev–Trinajstić information content (AvgIpc) is 2.27. The zero-order valence-electron chi connectivity index (χ0n) is 8.88. The van der Waals surface area contributed by atoms with Crippen LogP contribution in [0.5, 0.6) is 0 Å². The maximum atomic E-state index is 5.10. The minimum Gasteiger partial charge on any atom is -0.385 e. The highest BCUT2D eigenvalue weighted by Gasteiger charge is 2.07. The maximum Gasteiger partial charge on any atom is 0.0465 e. The minimum absolute atomic E-state index is 0.658. The number of alkyl halides is 1. The van der Waals surface area contributed by atoms with Crippen molar-refractivity contribution in [3.8, 4) is 0 Å². The van der Waals surface area contributed by atoms with E-state index in [4.69, 9.17) is 4.74 Å². The molecule has 1 aromatic carbocycles. The van der Waals surface area contributed by atoms with Crippen LogP contribution >= 0.6 is 31.9 Å². The van der Waals surface area contributed by atoms with Gasteiger partial charge in [-0.1, -0.05) is 44.0 Å². The molecule has 0 heterocycles. The topological polar surface area (TPSA) is 9.23 Å². The summed E-state index contributed by atoms with van der Waals surface area (Å²) in [4.78, 5) is 0. The van der Waals surface area contributed by atoms with E-state index in [1.54, 1.807) is 7.11 Å². The number of methoxy groups -OCH3 is 1. The molecule has 1 atom stereocenters.